The Kier molecular flexibility index (Phi) is 6.90. The zero-order chi connectivity index (χ0) is 21.7. The maximum atomic E-state index is 13.0. The van der Waals surface area contributed by atoms with Gasteiger partial charge in [0.25, 0.3) is 5.91 Å². The molecule has 6 heteroatoms. The molecule has 0 bridgehead atoms. The van der Waals surface area contributed by atoms with E-state index in [0.29, 0.717) is 11.3 Å². The standard InChI is InChI=1S/C24H23FN2O2S/c1-15-5-4-6-22(16(15)2)27-23(28)17(3)30-21-13-11-20(12-14-21)26-24(29)18-7-9-19(25)10-8-18/h4-14,17H,1-3H3,(H,26,29)(H,27,28). The Morgan fingerprint density at radius 2 is 1.57 bits per heavy atom. The number of thioether (sulfide) groups is 1. The summed E-state index contributed by atoms with van der Waals surface area (Å²) >= 11 is 1.44. The highest BCUT2D eigenvalue weighted by Gasteiger charge is 2.16. The Balaban J connectivity index is 1.58. The van der Waals surface area contributed by atoms with Crippen LogP contribution in [-0.2, 0) is 4.79 Å². The Morgan fingerprint density at radius 3 is 2.23 bits per heavy atom. The molecule has 2 amide bonds. The van der Waals surface area contributed by atoms with Gasteiger partial charge in [0.05, 0.1) is 5.25 Å². The molecule has 2 N–H and O–H groups in total. The molecule has 4 nitrogen and oxygen atoms in total. The number of halogens is 1. The zero-order valence-electron chi connectivity index (χ0n) is 17.0. The first-order valence-electron chi connectivity index (χ1n) is 9.54. The second-order valence-corrected chi connectivity index (χ2v) is 8.40. The van der Waals surface area contributed by atoms with Crippen LogP contribution in [-0.4, -0.2) is 17.1 Å². The summed E-state index contributed by atoms with van der Waals surface area (Å²) in [5.74, 6) is -0.761. The number of hydrogen-bond donors (Lipinski definition) is 2. The average Bonchev–Trinajstić information content (AvgIpc) is 2.73. The molecule has 154 valence electrons. The quantitative estimate of drug-likeness (QED) is 0.493. The molecule has 0 aromatic heterocycles. The lowest BCUT2D eigenvalue weighted by Crippen LogP contribution is -2.22. The van der Waals surface area contributed by atoms with Crippen LogP contribution in [0.3, 0.4) is 0 Å². The van der Waals surface area contributed by atoms with Crippen LogP contribution in [0.15, 0.2) is 71.6 Å². The number of anilines is 2. The van der Waals surface area contributed by atoms with Crippen LogP contribution in [0.25, 0.3) is 0 Å². The number of aryl methyl sites for hydroxylation is 1. The second-order valence-electron chi connectivity index (χ2n) is 6.98. The van der Waals surface area contributed by atoms with Crippen molar-refractivity contribution < 1.29 is 14.0 Å². The third-order valence-electron chi connectivity index (χ3n) is 4.76. The van der Waals surface area contributed by atoms with Crippen LogP contribution >= 0.6 is 11.8 Å². The third kappa shape index (κ3) is 5.48. The highest BCUT2D eigenvalue weighted by Crippen LogP contribution is 2.26. The van der Waals surface area contributed by atoms with Gasteiger partial charge in [0, 0.05) is 21.8 Å². The number of carbonyl (C=O) groups is 2. The van der Waals surface area contributed by atoms with Gasteiger partial charge in [0.2, 0.25) is 5.91 Å². The van der Waals surface area contributed by atoms with Crippen molar-refractivity contribution in [3.05, 3.63) is 89.2 Å². The van der Waals surface area contributed by atoms with Crippen LogP contribution in [0.4, 0.5) is 15.8 Å². The number of carbonyl (C=O) groups excluding carboxylic acids is 2. The Labute approximate surface area is 179 Å². The van der Waals surface area contributed by atoms with Gasteiger partial charge in [-0.3, -0.25) is 9.59 Å². The summed E-state index contributed by atoms with van der Waals surface area (Å²) in [7, 11) is 0. The van der Waals surface area contributed by atoms with Crippen molar-refractivity contribution in [1.29, 1.82) is 0 Å². The van der Waals surface area contributed by atoms with Crippen LogP contribution in [0.5, 0.6) is 0 Å². The summed E-state index contributed by atoms with van der Waals surface area (Å²) in [6, 6.07) is 18.5. The number of rotatable bonds is 6. The van der Waals surface area contributed by atoms with Gasteiger partial charge in [-0.15, -0.1) is 11.8 Å². The summed E-state index contributed by atoms with van der Waals surface area (Å²) in [6.45, 7) is 5.86. The molecule has 0 aliphatic heterocycles. The number of benzene rings is 3. The van der Waals surface area contributed by atoms with E-state index >= 15 is 0 Å². The molecular formula is C24H23FN2O2S. The van der Waals surface area contributed by atoms with E-state index in [-0.39, 0.29) is 22.9 Å². The predicted molar refractivity (Wildman–Crippen MR) is 121 cm³/mol. The fourth-order valence-electron chi connectivity index (χ4n) is 2.80. The van der Waals surface area contributed by atoms with Crippen molar-refractivity contribution >= 4 is 35.0 Å². The zero-order valence-corrected chi connectivity index (χ0v) is 17.8. The molecule has 0 spiro atoms. The topological polar surface area (TPSA) is 58.2 Å². The lowest BCUT2D eigenvalue weighted by molar-refractivity contribution is -0.115. The molecule has 0 fully saturated rings. The minimum absolute atomic E-state index is 0.0672. The molecule has 0 aliphatic rings. The van der Waals surface area contributed by atoms with E-state index < -0.39 is 0 Å². The largest absolute Gasteiger partial charge is 0.325 e. The lowest BCUT2D eigenvalue weighted by atomic mass is 10.1. The minimum atomic E-state index is -0.386. The summed E-state index contributed by atoms with van der Waals surface area (Å²) in [4.78, 5) is 25.7. The first kappa shape index (κ1) is 21.6. The fourth-order valence-corrected chi connectivity index (χ4v) is 3.67. The molecule has 30 heavy (non-hydrogen) atoms. The summed E-state index contributed by atoms with van der Waals surface area (Å²) < 4.78 is 13.0. The summed E-state index contributed by atoms with van der Waals surface area (Å²) in [6.07, 6.45) is 0. The SMILES string of the molecule is Cc1cccc(NC(=O)C(C)Sc2ccc(NC(=O)c3ccc(F)cc3)cc2)c1C. The van der Waals surface area contributed by atoms with E-state index in [2.05, 4.69) is 10.6 Å². The maximum absolute atomic E-state index is 13.0. The monoisotopic (exact) mass is 422 g/mol. The maximum Gasteiger partial charge on any atom is 0.255 e. The number of hydrogen-bond acceptors (Lipinski definition) is 3. The van der Waals surface area contributed by atoms with Gasteiger partial charge in [-0.2, -0.15) is 0 Å². The van der Waals surface area contributed by atoms with Crippen molar-refractivity contribution in [2.75, 3.05) is 10.6 Å². The molecule has 3 rings (SSSR count). The number of amides is 2. The Hall–Kier alpha value is -3.12. The van der Waals surface area contributed by atoms with Crippen molar-refractivity contribution in [2.45, 2.75) is 30.9 Å². The third-order valence-corrected chi connectivity index (χ3v) is 5.88. The van der Waals surface area contributed by atoms with Crippen LogP contribution < -0.4 is 10.6 Å². The second kappa shape index (κ2) is 9.59. The van der Waals surface area contributed by atoms with Gasteiger partial charge in [-0.05, 0) is 86.5 Å². The number of nitrogens with one attached hydrogen (secondary N) is 2. The molecule has 0 radical (unpaired) electrons. The van der Waals surface area contributed by atoms with Gasteiger partial charge in [0.1, 0.15) is 5.82 Å². The van der Waals surface area contributed by atoms with E-state index in [1.807, 2.05) is 51.1 Å². The molecular weight excluding hydrogens is 399 g/mol. The normalized spacial score (nSPS) is 11.6. The van der Waals surface area contributed by atoms with Crippen molar-refractivity contribution in [3.8, 4) is 0 Å². The Bertz CT molecular complexity index is 1050. The van der Waals surface area contributed by atoms with Crippen molar-refractivity contribution in [2.24, 2.45) is 0 Å². The molecule has 0 aliphatic carbocycles. The van der Waals surface area contributed by atoms with Crippen LogP contribution in [0.2, 0.25) is 0 Å². The van der Waals surface area contributed by atoms with E-state index in [0.717, 1.165) is 21.7 Å². The molecule has 0 saturated carbocycles. The summed E-state index contributed by atoms with van der Waals surface area (Å²) in [5.41, 5.74) is 4.02. The minimum Gasteiger partial charge on any atom is -0.325 e. The molecule has 0 heterocycles. The van der Waals surface area contributed by atoms with Gasteiger partial charge >= 0.3 is 0 Å². The van der Waals surface area contributed by atoms with Gasteiger partial charge in [0.15, 0.2) is 0 Å². The van der Waals surface area contributed by atoms with Crippen molar-refractivity contribution in [1.82, 2.24) is 0 Å². The average molecular weight is 423 g/mol. The first-order valence-corrected chi connectivity index (χ1v) is 10.4. The molecule has 1 atom stereocenters. The van der Waals surface area contributed by atoms with Gasteiger partial charge in [-0.1, -0.05) is 12.1 Å². The smallest absolute Gasteiger partial charge is 0.255 e. The van der Waals surface area contributed by atoms with E-state index in [9.17, 15) is 14.0 Å². The Morgan fingerprint density at radius 1 is 0.900 bits per heavy atom. The highest BCUT2D eigenvalue weighted by molar-refractivity contribution is 8.00. The first-order chi connectivity index (χ1) is 14.3. The molecule has 3 aromatic rings. The summed E-state index contributed by atoms with van der Waals surface area (Å²) in [5, 5.41) is 5.47. The molecule has 0 saturated heterocycles. The van der Waals surface area contributed by atoms with Gasteiger partial charge in [-0.25, -0.2) is 4.39 Å². The predicted octanol–water partition coefficient (Wildman–Crippen LogP) is 5.81. The molecule has 3 aromatic carbocycles. The molecule has 1 unspecified atom stereocenters. The lowest BCUT2D eigenvalue weighted by Gasteiger charge is -2.15. The van der Waals surface area contributed by atoms with Gasteiger partial charge < -0.3 is 10.6 Å². The van der Waals surface area contributed by atoms with Crippen LogP contribution in [0.1, 0.15) is 28.4 Å². The van der Waals surface area contributed by atoms with Crippen molar-refractivity contribution in [3.63, 3.8) is 0 Å². The van der Waals surface area contributed by atoms with E-state index in [4.69, 9.17) is 0 Å². The highest BCUT2D eigenvalue weighted by atomic mass is 32.2. The fraction of sp³-hybridized carbons (Fsp3) is 0.167. The van der Waals surface area contributed by atoms with E-state index in [1.165, 1.54) is 36.0 Å². The van der Waals surface area contributed by atoms with E-state index in [1.54, 1.807) is 12.1 Å². The van der Waals surface area contributed by atoms with Crippen LogP contribution in [0, 0.1) is 19.7 Å².